The molecule has 0 atom stereocenters. The summed E-state index contributed by atoms with van der Waals surface area (Å²) in [6, 6.07) is 3.64. The minimum absolute atomic E-state index is 0.0476. The zero-order chi connectivity index (χ0) is 13.5. The molecule has 0 unspecified atom stereocenters. The maximum Gasteiger partial charge on any atom is 0.255 e. The van der Waals surface area contributed by atoms with Gasteiger partial charge in [-0.15, -0.1) is 0 Å². The molecule has 0 bridgehead atoms. The van der Waals surface area contributed by atoms with Gasteiger partial charge in [-0.05, 0) is 32.4 Å². The molecule has 5 nitrogen and oxygen atoms in total. The molecule has 2 N–H and O–H groups in total. The second kappa shape index (κ2) is 6.96. The fourth-order valence-corrected chi connectivity index (χ4v) is 1.67. The van der Waals surface area contributed by atoms with E-state index in [1.54, 1.807) is 30.3 Å². The van der Waals surface area contributed by atoms with Crippen LogP contribution in [-0.2, 0) is 0 Å². The van der Waals surface area contributed by atoms with E-state index in [1.165, 1.54) is 0 Å². The molecule has 1 heterocycles. The Bertz CT molecular complexity index is 376. The number of anilines is 1. The first kappa shape index (κ1) is 14.4. The van der Waals surface area contributed by atoms with Crippen molar-refractivity contribution in [1.82, 2.24) is 9.88 Å². The summed E-state index contributed by atoms with van der Waals surface area (Å²) in [5, 5.41) is 11.8. The second-order valence-corrected chi connectivity index (χ2v) is 4.35. The minimum atomic E-state index is -0.0476. The number of hydrogen-bond donors (Lipinski definition) is 2. The Kier molecular flexibility index (Phi) is 5.58. The van der Waals surface area contributed by atoms with Crippen molar-refractivity contribution >= 4 is 11.7 Å². The molecule has 18 heavy (non-hydrogen) atoms. The molecular formula is C13H21N3O2. The fraction of sp³-hybridized carbons (Fsp3) is 0.538. The Morgan fingerprint density at radius 1 is 1.50 bits per heavy atom. The topological polar surface area (TPSA) is 65.5 Å². The molecule has 0 radical (unpaired) electrons. The Labute approximate surface area is 108 Å². The van der Waals surface area contributed by atoms with Crippen molar-refractivity contribution < 1.29 is 9.90 Å². The van der Waals surface area contributed by atoms with Gasteiger partial charge >= 0.3 is 0 Å². The third kappa shape index (κ3) is 3.70. The number of aromatic nitrogens is 1. The van der Waals surface area contributed by atoms with Gasteiger partial charge in [-0.2, -0.15) is 0 Å². The zero-order valence-electron chi connectivity index (χ0n) is 11.2. The molecule has 0 saturated heterocycles. The van der Waals surface area contributed by atoms with Crippen molar-refractivity contribution in [2.24, 2.45) is 0 Å². The van der Waals surface area contributed by atoms with Crippen LogP contribution in [0.5, 0.6) is 0 Å². The molecule has 0 aliphatic rings. The van der Waals surface area contributed by atoms with E-state index >= 15 is 0 Å². The Hall–Kier alpha value is -1.62. The highest BCUT2D eigenvalue weighted by atomic mass is 16.3. The molecule has 1 rings (SSSR count). The lowest BCUT2D eigenvalue weighted by atomic mass is 10.2. The van der Waals surface area contributed by atoms with Crippen LogP contribution in [0.3, 0.4) is 0 Å². The molecule has 0 spiro atoms. The summed E-state index contributed by atoms with van der Waals surface area (Å²) >= 11 is 0. The molecule has 0 saturated carbocycles. The first-order valence-electron chi connectivity index (χ1n) is 6.15. The zero-order valence-corrected chi connectivity index (χ0v) is 11.2. The molecule has 0 aliphatic heterocycles. The van der Waals surface area contributed by atoms with Gasteiger partial charge in [0.15, 0.2) is 0 Å². The molecule has 1 aromatic rings. The summed E-state index contributed by atoms with van der Waals surface area (Å²) in [6.45, 7) is 4.57. The van der Waals surface area contributed by atoms with Crippen molar-refractivity contribution in [1.29, 1.82) is 0 Å². The summed E-state index contributed by atoms with van der Waals surface area (Å²) in [4.78, 5) is 18.2. The lowest BCUT2D eigenvalue weighted by Gasteiger charge is -2.26. The van der Waals surface area contributed by atoms with Gasteiger partial charge in [-0.25, -0.2) is 4.98 Å². The molecule has 1 amide bonds. The Morgan fingerprint density at radius 3 is 2.67 bits per heavy atom. The number of aliphatic hydroxyl groups is 1. The van der Waals surface area contributed by atoms with Gasteiger partial charge in [0.2, 0.25) is 0 Å². The predicted octanol–water partition coefficient (Wildman–Crippen LogP) is 1.36. The van der Waals surface area contributed by atoms with Gasteiger partial charge in [-0.3, -0.25) is 4.79 Å². The standard InChI is InChI=1S/C13H21N3O2/c1-10(2)16(7-4-8-17)13(18)11-5-6-12(14-3)15-9-11/h5-6,9-10,17H,4,7-8H2,1-3H3,(H,14,15). The smallest absolute Gasteiger partial charge is 0.255 e. The van der Waals surface area contributed by atoms with Crippen LogP contribution in [0.4, 0.5) is 5.82 Å². The van der Waals surface area contributed by atoms with E-state index in [0.717, 1.165) is 5.82 Å². The van der Waals surface area contributed by atoms with Crippen LogP contribution in [0.15, 0.2) is 18.3 Å². The Balaban J connectivity index is 2.80. The van der Waals surface area contributed by atoms with Crippen molar-refractivity contribution in [3.63, 3.8) is 0 Å². The van der Waals surface area contributed by atoms with E-state index < -0.39 is 0 Å². The van der Waals surface area contributed by atoms with Crippen LogP contribution in [-0.4, -0.2) is 47.1 Å². The number of nitrogens with one attached hydrogen (secondary N) is 1. The highest BCUT2D eigenvalue weighted by Crippen LogP contribution is 2.10. The van der Waals surface area contributed by atoms with Crippen LogP contribution in [0, 0.1) is 0 Å². The van der Waals surface area contributed by atoms with Gasteiger partial charge < -0.3 is 15.3 Å². The van der Waals surface area contributed by atoms with Crippen LogP contribution in [0.2, 0.25) is 0 Å². The van der Waals surface area contributed by atoms with Gasteiger partial charge in [0.05, 0.1) is 5.56 Å². The molecule has 100 valence electrons. The molecular weight excluding hydrogens is 230 g/mol. The SMILES string of the molecule is CNc1ccc(C(=O)N(CCCO)C(C)C)cn1. The van der Waals surface area contributed by atoms with E-state index in [1.807, 2.05) is 13.8 Å². The third-order valence-electron chi connectivity index (χ3n) is 2.71. The normalized spacial score (nSPS) is 10.5. The number of carbonyl (C=O) groups excluding carboxylic acids is 1. The number of rotatable bonds is 6. The molecule has 0 aromatic carbocycles. The lowest BCUT2D eigenvalue weighted by Crippen LogP contribution is -2.38. The number of pyridine rings is 1. The van der Waals surface area contributed by atoms with Crippen LogP contribution >= 0.6 is 0 Å². The van der Waals surface area contributed by atoms with Crippen LogP contribution in [0.25, 0.3) is 0 Å². The number of nitrogens with zero attached hydrogens (tertiary/aromatic N) is 2. The van der Waals surface area contributed by atoms with E-state index in [4.69, 9.17) is 5.11 Å². The van der Waals surface area contributed by atoms with Crippen molar-refractivity contribution in [3.05, 3.63) is 23.9 Å². The van der Waals surface area contributed by atoms with E-state index in [-0.39, 0.29) is 18.6 Å². The maximum atomic E-state index is 12.3. The van der Waals surface area contributed by atoms with Crippen LogP contribution in [0.1, 0.15) is 30.6 Å². The Morgan fingerprint density at radius 2 is 2.22 bits per heavy atom. The summed E-state index contributed by atoms with van der Waals surface area (Å²) in [6.07, 6.45) is 2.16. The first-order valence-corrected chi connectivity index (χ1v) is 6.15. The second-order valence-electron chi connectivity index (χ2n) is 4.35. The van der Waals surface area contributed by atoms with E-state index in [2.05, 4.69) is 10.3 Å². The highest BCUT2D eigenvalue weighted by Gasteiger charge is 2.18. The maximum absolute atomic E-state index is 12.3. The average molecular weight is 251 g/mol. The van der Waals surface area contributed by atoms with Gasteiger partial charge in [0.25, 0.3) is 5.91 Å². The van der Waals surface area contributed by atoms with Crippen molar-refractivity contribution in [2.75, 3.05) is 25.5 Å². The molecule has 5 heteroatoms. The summed E-state index contributed by atoms with van der Waals surface area (Å²) in [7, 11) is 1.78. The average Bonchev–Trinajstić information content (AvgIpc) is 2.38. The highest BCUT2D eigenvalue weighted by molar-refractivity contribution is 5.94. The minimum Gasteiger partial charge on any atom is -0.396 e. The van der Waals surface area contributed by atoms with Crippen molar-refractivity contribution in [3.8, 4) is 0 Å². The van der Waals surface area contributed by atoms with Gasteiger partial charge in [-0.1, -0.05) is 0 Å². The number of carbonyl (C=O) groups is 1. The molecule has 0 aliphatic carbocycles. The molecule has 0 fully saturated rings. The van der Waals surface area contributed by atoms with Crippen LogP contribution < -0.4 is 5.32 Å². The quantitative estimate of drug-likeness (QED) is 0.801. The fourth-order valence-electron chi connectivity index (χ4n) is 1.67. The third-order valence-corrected chi connectivity index (χ3v) is 2.71. The first-order chi connectivity index (χ1) is 8.60. The monoisotopic (exact) mass is 251 g/mol. The van der Waals surface area contributed by atoms with Gasteiger partial charge in [0.1, 0.15) is 5.82 Å². The lowest BCUT2D eigenvalue weighted by molar-refractivity contribution is 0.0693. The number of aliphatic hydroxyl groups excluding tert-OH is 1. The van der Waals surface area contributed by atoms with E-state index in [9.17, 15) is 4.79 Å². The summed E-state index contributed by atoms with van der Waals surface area (Å²) < 4.78 is 0. The van der Waals surface area contributed by atoms with Crippen molar-refractivity contribution in [2.45, 2.75) is 26.3 Å². The van der Waals surface area contributed by atoms with E-state index in [0.29, 0.717) is 18.5 Å². The number of hydrogen-bond acceptors (Lipinski definition) is 4. The largest absolute Gasteiger partial charge is 0.396 e. The molecule has 1 aromatic heterocycles. The summed E-state index contributed by atoms with van der Waals surface area (Å²) in [5.41, 5.74) is 0.570. The summed E-state index contributed by atoms with van der Waals surface area (Å²) in [5.74, 6) is 0.687. The number of amides is 1. The van der Waals surface area contributed by atoms with Gasteiger partial charge in [0, 0.05) is 32.4 Å². The predicted molar refractivity (Wildman–Crippen MR) is 71.7 cm³/mol.